The van der Waals surface area contributed by atoms with Crippen LogP contribution in [0, 0.1) is 11.8 Å². The van der Waals surface area contributed by atoms with Gasteiger partial charge in [0.1, 0.15) is 0 Å². The molecule has 1 N–H and O–H groups in total. The third-order valence-corrected chi connectivity index (χ3v) is 5.48. The second kappa shape index (κ2) is 4.82. The van der Waals surface area contributed by atoms with Crippen molar-refractivity contribution in [2.24, 2.45) is 11.8 Å². The first kappa shape index (κ1) is 12.3. The van der Waals surface area contributed by atoms with E-state index in [-0.39, 0.29) is 11.8 Å². The number of rotatable bonds is 2. The van der Waals surface area contributed by atoms with Crippen molar-refractivity contribution in [3.8, 4) is 0 Å². The van der Waals surface area contributed by atoms with Crippen molar-refractivity contribution in [3.05, 3.63) is 23.7 Å². The van der Waals surface area contributed by atoms with Crippen molar-refractivity contribution in [3.63, 3.8) is 0 Å². The first-order valence-corrected chi connectivity index (χ1v) is 8.04. The molecule has 1 atom stereocenters. The molecule has 3 aliphatic heterocycles. The molecule has 4 nitrogen and oxygen atoms in total. The van der Waals surface area contributed by atoms with Crippen LogP contribution in [0.1, 0.15) is 12.8 Å². The third kappa shape index (κ3) is 2.01. The molecule has 104 valence electrons. The van der Waals surface area contributed by atoms with Gasteiger partial charge in [-0.05, 0) is 44.0 Å². The average molecular weight is 287 g/mol. The number of aromatic nitrogens is 1. The molecule has 2 bridgehead atoms. The predicted octanol–water partition coefficient (Wildman–Crippen LogP) is 2.58. The lowest BCUT2D eigenvalue weighted by atomic mass is 9.78. The van der Waals surface area contributed by atoms with Crippen molar-refractivity contribution in [1.82, 2.24) is 9.88 Å². The summed E-state index contributed by atoms with van der Waals surface area (Å²) in [7, 11) is 0. The third-order valence-electron chi connectivity index (χ3n) is 4.61. The molecule has 5 rings (SSSR count). The summed E-state index contributed by atoms with van der Waals surface area (Å²) in [4.78, 5) is 19.3. The van der Waals surface area contributed by atoms with E-state index < -0.39 is 0 Å². The van der Waals surface area contributed by atoms with E-state index in [1.807, 2.05) is 23.7 Å². The van der Waals surface area contributed by atoms with Crippen LogP contribution < -0.4 is 5.32 Å². The van der Waals surface area contributed by atoms with Crippen LogP contribution in [-0.2, 0) is 4.79 Å². The number of thiazole rings is 1. The predicted molar refractivity (Wildman–Crippen MR) is 80.9 cm³/mol. The number of nitrogens with one attached hydrogen (secondary N) is 1. The van der Waals surface area contributed by atoms with Gasteiger partial charge in [-0.15, -0.1) is 11.3 Å². The Morgan fingerprint density at radius 3 is 2.95 bits per heavy atom. The highest BCUT2D eigenvalue weighted by Crippen LogP contribution is 2.34. The van der Waals surface area contributed by atoms with E-state index in [9.17, 15) is 4.79 Å². The van der Waals surface area contributed by atoms with Crippen LogP contribution in [-0.4, -0.2) is 35.4 Å². The lowest BCUT2D eigenvalue weighted by Gasteiger charge is -2.43. The normalized spacial score (nSPS) is 28.7. The Morgan fingerprint density at radius 1 is 1.35 bits per heavy atom. The molecule has 3 saturated heterocycles. The maximum absolute atomic E-state index is 12.6. The number of carbonyl (C=O) groups excluding carboxylic acids is 1. The molecule has 1 aromatic heterocycles. The minimum Gasteiger partial charge on any atom is -0.324 e. The maximum atomic E-state index is 12.6. The highest BCUT2D eigenvalue weighted by molar-refractivity contribution is 7.17. The van der Waals surface area contributed by atoms with Gasteiger partial charge in [0.2, 0.25) is 5.91 Å². The van der Waals surface area contributed by atoms with Crippen LogP contribution in [0.4, 0.5) is 5.69 Å². The topological polar surface area (TPSA) is 45.2 Å². The smallest absolute Gasteiger partial charge is 0.229 e. The average Bonchev–Trinajstić information content (AvgIpc) is 2.98. The van der Waals surface area contributed by atoms with Gasteiger partial charge in [0.15, 0.2) is 0 Å². The van der Waals surface area contributed by atoms with E-state index in [2.05, 4.69) is 15.2 Å². The molecule has 3 aliphatic rings. The van der Waals surface area contributed by atoms with E-state index in [1.54, 1.807) is 11.3 Å². The van der Waals surface area contributed by atoms with Crippen molar-refractivity contribution < 1.29 is 4.79 Å². The molecule has 2 aromatic rings. The molecular weight excluding hydrogens is 270 g/mol. The van der Waals surface area contributed by atoms with Crippen molar-refractivity contribution in [2.45, 2.75) is 12.8 Å². The van der Waals surface area contributed by atoms with Crippen LogP contribution >= 0.6 is 11.3 Å². The summed E-state index contributed by atoms with van der Waals surface area (Å²) in [5.74, 6) is 0.904. The monoisotopic (exact) mass is 287 g/mol. The van der Waals surface area contributed by atoms with E-state index in [0.29, 0.717) is 5.92 Å². The molecule has 20 heavy (non-hydrogen) atoms. The van der Waals surface area contributed by atoms with Crippen molar-refractivity contribution in [1.29, 1.82) is 0 Å². The quantitative estimate of drug-likeness (QED) is 0.923. The molecule has 0 radical (unpaired) electrons. The molecule has 5 heteroatoms. The number of hydrogen-bond donors (Lipinski definition) is 1. The number of benzene rings is 1. The summed E-state index contributed by atoms with van der Waals surface area (Å²) in [6.45, 7) is 3.26. The molecule has 4 heterocycles. The summed E-state index contributed by atoms with van der Waals surface area (Å²) in [6.07, 6.45) is 2.34. The lowest BCUT2D eigenvalue weighted by Crippen LogP contribution is -2.51. The van der Waals surface area contributed by atoms with Gasteiger partial charge in [-0.1, -0.05) is 6.07 Å². The Kier molecular flexibility index (Phi) is 2.97. The Balaban J connectivity index is 1.57. The summed E-state index contributed by atoms with van der Waals surface area (Å²) >= 11 is 1.58. The van der Waals surface area contributed by atoms with Gasteiger partial charge in [0.05, 0.1) is 27.3 Å². The summed E-state index contributed by atoms with van der Waals surface area (Å²) < 4.78 is 1.07. The van der Waals surface area contributed by atoms with Gasteiger partial charge in [-0.25, -0.2) is 4.98 Å². The summed E-state index contributed by atoms with van der Waals surface area (Å²) in [6, 6.07) is 5.91. The Labute approximate surface area is 121 Å². The largest absolute Gasteiger partial charge is 0.324 e. The number of fused-ring (bicyclic) bond motifs is 4. The van der Waals surface area contributed by atoms with Gasteiger partial charge in [-0.3, -0.25) is 4.79 Å². The summed E-state index contributed by atoms with van der Waals surface area (Å²) in [5.41, 5.74) is 3.70. The highest BCUT2D eigenvalue weighted by Gasteiger charge is 2.38. The second-order valence-electron chi connectivity index (χ2n) is 5.74. The van der Waals surface area contributed by atoms with Crippen LogP contribution in [0.3, 0.4) is 0 Å². The highest BCUT2D eigenvalue weighted by atomic mass is 32.1. The van der Waals surface area contributed by atoms with Gasteiger partial charge < -0.3 is 10.2 Å². The maximum Gasteiger partial charge on any atom is 0.229 e. The van der Waals surface area contributed by atoms with Crippen LogP contribution in [0.5, 0.6) is 0 Å². The lowest BCUT2D eigenvalue weighted by molar-refractivity contribution is -0.125. The molecule has 1 amide bonds. The van der Waals surface area contributed by atoms with Crippen LogP contribution in [0.2, 0.25) is 0 Å². The number of hydrogen-bond acceptors (Lipinski definition) is 4. The zero-order chi connectivity index (χ0) is 13.5. The fraction of sp³-hybridized carbons (Fsp3) is 0.467. The molecule has 0 saturated carbocycles. The van der Waals surface area contributed by atoms with Gasteiger partial charge >= 0.3 is 0 Å². The fourth-order valence-electron chi connectivity index (χ4n) is 3.47. The second-order valence-corrected chi connectivity index (χ2v) is 6.59. The first-order chi connectivity index (χ1) is 9.81. The minimum atomic E-state index is 0.153. The van der Waals surface area contributed by atoms with Crippen molar-refractivity contribution in [2.75, 3.05) is 25.0 Å². The van der Waals surface area contributed by atoms with Gasteiger partial charge in [0.25, 0.3) is 0 Å². The van der Waals surface area contributed by atoms with Crippen LogP contribution in [0.15, 0.2) is 23.7 Å². The Hall–Kier alpha value is -1.46. The first-order valence-electron chi connectivity index (χ1n) is 7.17. The zero-order valence-corrected chi connectivity index (χ0v) is 12.0. The van der Waals surface area contributed by atoms with E-state index in [1.165, 1.54) is 25.9 Å². The van der Waals surface area contributed by atoms with E-state index >= 15 is 0 Å². The summed E-state index contributed by atoms with van der Waals surface area (Å²) in [5, 5.41) is 3.13. The van der Waals surface area contributed by atoms with E-state index in [0.717, 1.165) is 22.4 Å². The number of carbonyl (C=O) groups is 1. The fourth-order valence-corrected chi connectivity index (χ4v) is 4.23. The SMILES string of the molecule is O=C(Nc1cccc2ncsc12)C1CN2CCC1CC2. The van der Waals surface area contributed by atoms with Crippen LogP contribution in [0.25, 0.3) is 10.2 Å². The molecular formula is C15H17N3OS. The van der Waals surface area contributed by atoms with Gasteiger partial charge in [0, 0.05) is 6.54 Å². The number of nitrogens with zero attached hydrogens (tertiary/aromatic N) is 2. The minimum absolute atomic E-state index is 0.153. The number of amides is 1. The number of piperidine rings is 3. The van der Waals surface area contributed by atoms with Gasteiger partial charge in [-0.2, -0.15) is 0 Å². The Morgan fingerprint density at radius 2 is 2.20 bits per heavy atom. The molecule has 0 aliphatic carbocycles. The zero-order valence-electron chi connectivity index (χ0n) is 11.2. The molecule has 1 unspecified atom stereocenters. The molecule has 1 aromatic carbocycles. The number of anilines is 1. The Bertz CT molecular complexity index is 645. The van der Waals surface area contributed by atoms with E-state index in [4.69, 9.17) is 0 Å². The standard InChI is InChI=1S/C15H17N3OS/c19-15(11-8-18-6-4-10(11)5-7-18)17-13-3-1-2-12-14(13)20-9-16-12/h1-3,9-11H,4-8H2,(H,17,19). The molecule has 0 spiro atoms. The van der Waals surface area contributed by atoms with Crippen molar-refractivity contribution >= 4 is 33.1 Å². The molecule has 3 fully saturated rings.